The van der Waals surface area contributed by atoms with Crippen molar-refractivity contribution in [3.63, 3.8) is 0 Å². The van der Waals surface area contributed by atoms with E-state index in [1.54, 1.807) is 6.20 Å². The number of carboxylic acid groups (broad SMARTS) is 1. The van der Waals surface area contributed by atoms with E-state index in [2.05, 4.69) is 28.4 Å². The lowest BCUT2D eigenvalue weighted by Crippen LogP contribution is -2.08. The second-order valence-corrected chi connectivity index (χ2v) is 6.06. The molecule has 21 heavy (non-hydrogen) atoms. The van der Waals surface area contributed by atoms with Crippen LogP contribution in [0.2, 0.25) is 5.02 Å². The molecule has 2 aromatic rings. The number of unbranched alkanes of at least 4 members (excludes halogenated alkanes) is 1. The number of halogens is 1. The van der Waals surface area contributed by atoms with E-state index in [1.165, 1.54) is 0 Å². The van der Waals surface area contributed by atoms with Crippen molar-refractivity contribution in [2.45, 2.75) is 46.1 Å². The summed E-state index contributed by atoms with van der Waals surface area (Å²) in [6, 6.07) is 1.82. The van der Waals surface area contributed by atoms with E-state index in [0.29, 0.717) is 17.4 Å². The number of aromatic nitrogens is 3. The summed E-state index contributed by atoms with van der Waals surface area (Å²) in [6.45, 7) is 5.03. The van der Waals surface area contributed by atoms with Crippen LogP contribution in [0.4, 0.5) is 0 Å². The second-order valence-electron chi connectivity index (χ2n) is 5.62. The quantitative estimate of drug-likeness (QED) is 0.794. The summed E-state index contributed by atoms with van der Waals surface area (Å²) in [4.78, 5) is 19.6. The number of aliphatic carboxylic acids is 1. The maximum Gasteiger partial charge on any atom is 0.303 e. The van der Waals surface area contributed by atoms with Gasteiger partial charge >= 0.3 is 5.97 Å². The highest BCUT2D eigenvalue weighted by Crippen LogP contribution is 2.20. The summed E-state index contributed by atoms with van der Waals surface area (Å²) in [7, 11) is 0. The van der Waals surface area contributed by atoms with E-state index in [1.807, 2.05) is 6.07 Å². The van der Waals surface area contributed by atoms with Gasteiger partial charge in [0.2, 0.25) is 0 Å². The first-order valence-corrected chi connectivity index (χ1v) is 7.57. The van der Waals surface area contributed by atoms with Gasteiger partial charge in [-0.3, -0.25) is 4.79 Å². The molecule has 0 radical (unpaired) electrons. The highest BCUT2D eigenvalue weighted by atomic mass is 35.5. The second kappa shape index (κ2) is 6.89. The molecule has 0 aliphatic rings. The molecule has 2 heterocycles. The van der Waals surface area contributed by atoms with Crippen LogP contribution in [0.3, 0.4) is 0 Å². The van der Waals surface area contributed by atoms with Gasteiger partial charge in [-0.15, -0.1) is 0 Å². The number of imidazole rings is 1. The van der Waals surface area contributed by atoms with Crippen molar-refractivity contribution in [1.82, 2.24) is 14.5 Å². The summed E-state index contributed by atoms with van der Waals surface area (Å²) in [6.07, 6.45) is 4.15. The van der Waals surface area contributed by atoms with Crippen molar-refractivity contribution in [1.29, 1.82) is 0 Å². The molecule has 0 bridgehead atoms. The molecule has 0 aliphatic heterocycles. The van der Waals surface area contributed by atoms with E-state index in [-0.39, 0.29) is 6.42 Å². The van der Waals surface area contributed by atoms with Crippen LogP contribution >= 0.6 is 11.6 Å². The number of hydrogen-bond acceptors (Lipinski definition) is 3. The van der Waals surface area contributed by atoms with Crippen LogP contribution in [-0.4, -0.2) is 25.6 Å². The third kappa shape index (κ3) is 4.17. The lowest BCUT2D eigenvalue weighted by atomic mass is 10.1. The summed E-state index contributed by atoms with van der Waals surface area (Å²) in [5, 5.41) is 9.28. The molecular weight excluding hydrogens is 290 g/mol. The Kier molecular flexibility index (Phi) is 5.17. The Morgan fingerprint density at radius 3 is 2.86 bits per heavy atom. The summed E-state index contributed by atoms with van der Waals surface area (Å²) < 4.78 is 2.09. The molecule has 0 amide bonds. The van der Waals surface area contributed by atoms with Crippen molar-refractivity contribution in [3.05, 3.63) is 23.1 Å². The standard InChI is InChI=1S/C15H20ClN3O2/c1-10(2)7-13-18-12-8-11(16)9-17-15(12)19(13)6-4-3-5-14(20)21/h8-10H,3-7H2,1-2H3,(H,20,21). The Labute approximate surface area is 129 Å². The molecule has 0 spiro atoms. The Morgan fingerprint density at radius 1 is 1.43 bits per heavy atom. The zero-order valence-electron chi connectivity index (χ0n) is 12.3. The molecule has 0 atom stereocenters. The predicted octanol–water partition coefficient (Wildman–Crippen LogP) is 3.54. The van der Waals surface area contributed by atoms with Crippen LogP contribution in [0.25, 0.3) is 11.2 Å². The van der Waals surface area contributed by atoms with Crippen LogP contribution in [0.15, 0.2) is 12.3 Å². The van der Waals surface area contributed by atoms with E-state index in [4.69, 9.17) is 16.7 Å². The fraction of sp³-hybridized carbons (Fsp3) is 0.533. The van der Waals surface area contributed by atoms with E-state index >= 15 is 0 Å². The first-order chi connectivity index (χ1) is 9.97. The fourth-order valence-corrected chi connectivity index (χ4v) is 2.49. The molecule has 6 heteroatoms. The fourth-order valence-electron chi connectivity index (χ4n) is 2.34. The van der Waals surface area contributed by atoms with Gasteiger partial charge in [0, 0.05) is 25.6 Å². The highest BCUT2D eigenvalue weighted by Gasteiger charge is 2.13. The monoisotopic (exact) mass is 309 g/mol. The van der Waals surface area contributed by atoms with Gasteiger partial charge < -0.3 is 9.67 Å². The van der Waals surface area contributed by atoms with Crippen molar-refractivity contribution < 1.29 is 9.90 Å². The molecule has 0 saturated carbocycles. The van der Waals surface area contributed by atoms with Gasteiger partial charge in [-0.2, -0.15) is 0 Å². The Hall–Kier alpha value is -1.62. The molecule has 1 N–H and O–H groups in total. The van der Waals surface area contributed by atoms with Gasteiger partial charge in [0.1, 0.15) is 11.3 Å². The van der Waals surface area contributed by atoms with Gasteiger partial charge in [-0.25, -0.2) is 9.97 Å². The van der Waals surface area contributed by atoms with Gasteiger partial charge in [0.25, 0.3) is 0 Å². The topological polar surface area (TPSA) is 68.0 Å². The van der Waals surface area contributed by atoms with Crippen molar-refractivity contribution in [2.75, 3.05) is 0 Å². The Bertz CT molecular complexity index is 637. The van der Waals surface area contributed by atoms with Crippen molar-refractivity contribution >= 4 is 28.7 Å². The van der Waals surface area contributed by atoms with E-state index in [9.17, 15) is 4.79 Å². The molecule has 2 aromatic heterocycles. The minimum atomic E-state index is -0.752. The third-order valence-corrected chi connectivity index (χ3v) is 3.45. The zero-order valence-corrected chi connectivity index (χ0v) is 13.1. The molecule has 2 rings (SSSR count). The van der Waals surface area contributed by atoms with Gasteiger partial charge in [0.05, 0.1) is 5.02 Å². The molecule has 0 aromatic carbocycles. The van der Waals surface area contributed by atoms with Crippen LogP contribution in [0.5, 0.6) is 0 Å². The molecule has 0 aliphatic carbocycles. The van der Waals surface area contributed by atoms with Gasteiger partial charge in [-0.05, 0) is 24.8 Å². The van der Waals surface area contributed by atoms with Crippen LogP contribution in [0, 0.1) is 5.92 Å². The average Bonchev–Trinajstić information content (AvgIpc) is 2.70. The van der Waals surface area contributed by atoms with Crippen molar-refractivity contribution in [3.8, 4) is 0 Å². The SMILES string of the molecule is CC(C)Cc1nc2cc(Cl)cnc2n1CCCCC(=O)O. The molecule has 0 fully saturated rings. The Balaban J connectivity index is 2.22. The normalized spacial score (nSPS) is 11.4. The lowest BCUT2D eigenvalue weighted by molar-refractivity contribution is -0.137. The number of carbonyl (C=O) groups is 1. The molecular formula is C15H20ClN3O2. The largest absolute Gasteiger partial charge is 0.481 e. The number of nitrogens with zero attached hydrogens (tertiary/aromatic N) is 3. The van der Waals surface area contributed by atoms with E-state index < -0.39 is 5.97 Å². The first kappa shape index (κ1) is 15.8. The summed E-state index contributed by atoms with van der Waals surface area (Å²) in [5.74, 6) is 0.734. The smallest absolute Gasteiger partial charge is 0.303 e. The number of pyridine rings is 1. The van der Waals surface area contributed by atoms with Crippen LogP contribution in [0.1, 0.15) is 38.9 Å². The van der Waals surface area contributed by atoms with E-state index in [0.717, 1.165) is 36.4 Å². The molecule has 114 valence electrons. The number of aryl methyl sites for hydroxylation is 1. The predicted molar refractivity (Wildman–Crippen MR) is 82.6 cm³/mol. The maximum absolute atomic E-state index is 10.6. The number of carboxylic acids is 1. The first-order valence-electron chi connectivity index (χ1n) is 7.20. The van der Waals surface area contributed by atoms with Gasteiger partial charge in [0.15, 0.2) is 5.65 Å². The van der Waals surface area contributed by atoms with Crippen LogP contribution in [-0.2, 0) is 17.8 Å². The molecule has 0 saturated heterocycles. The maximum atomic E-state index is 10.6. The molecule has 5 nitrogen and oxygen atoms in total. The number of fused-ring (bicyclic) bond motifs is 1. The third-order valence-electron chi connectivity index (χ3n) is 3.24. The minimum Gasteiger partial charge on any atom is -0.481 e. The minimum absolute atomic E-state index is 0.200. The van der Waals surface area contributed by atoms with Gasteiger partial charge in [-0.1, -0.05) is 25.4 Å². The number of hydrogen-bond donors (Lipinski definition) is 1. The summed E-state index contributed by atoms with van der Waals surface area (Å²) in [5.41, 5.74) is 1.63. The summed E-state index contributed by atoms with van der Waals surface area (Å²) >= 11 is 5.97. The zero-order chi connectivity index (χ0) is 15.4. The number of rotatable bonds is 7. The lowest BCUT2D eigenvalue weighted by Gasteiger charge is -2.09. The highest BCUT2D eigenvalue weighted by molar-refractivity contribution is 6.31. The molecule has 0 unspecified atom stereocenters. The Morgan fingerprint density at radius 2 is 2.19 bits per heavy atom. The van der Waals surface area contributed by atoms with Crippen molar-refractivity contribution in [2.24, 2.45) is 5.92 Å². The van der Waals surface area contributed by atoms with Crippen LogP contribution < -0.4 is 0 Å². The average molecular weight is 310 g/mol.